The van der Waals surface area contributed by atoms with Crippen LogP contribution in [0.15, 0.2) is 46.9 Å². The van der Waals surface area contributed by atoms with Gasteiger partial charge in [0.05, 0.1) is 6.04 Å². The summed E-state index contributed by atoms with van der Waals surface area (Å²) in [7, 11) is 1.98. The molecule has 0 bridgehead atoms. The lowest BCUT2D eigenvalue weighted by atomic mass is 9.97. The van der Waals surface area contributed by atoms with Crippen LogP contribution in [0.1, 0.15) is 42.5 Å². The van der Waals surface area contributed by atoms with Gasteiger partial charge in [-0.25, -0.2) is 0 Å². The largest absolute Gasteiger partial charge is 0.309 e. The summed E-state index contributed by atoms with van der Waals surface area (Å²) in [5.41, 5.74) is 3.83. The third kappa shape index (κ3) is 4.57. The summed E-state index contributed by atoms with van der Waals surface area (Å²) in [5, 5.41) is 4.12. The maximum Gasteiger partial charge on any atom is 0.0575 e. The van der Waals surface area contributed by atoms with E-state index in [0.717, 1.165) is 21.5 Å². The molecule has 2 rings (SSSR count). The van der Waals surface area contributed by atoms with Gasteiger partial charge in [-0.05, 0) is 54.8 Å². The van der Waals surface area contributed by atoms with Crippen LogP contribution in [0.5, 0.6) is 0 Å². The van der Waals surface area contributed by atoms with E-state index in [1.165, 1.54) is 24.0 Å². The van der Waals surface area contributed by atoms with Crippen LogP contribution in [0, 0.1) is 0 Å². The molecule has 1 atom stereocenters. The zero-order valence-electron chi connectivity index (χ0n) is 12.5. The number of benzene rings is 2. The SMILES string of the molecule is CCCCc1ccc(C(NC)c2cc(Cl)cc(Br)c2)cc1. The second-order valence-corrected chi connectivity index (χ2v) is 6.62. The molecule has 0 saturated heterocycles. The molecule has 1 N–H and O–H groups in total. The maximum atomic E-state index is 6.16. The van der Waals surface area contributed by atoms with Crippen molar-refractivity contribution in [3.05, 3.63) is 68.7 Å². The van der Waals surface area contributed by atoms with Crippen LogP contribution < -0.4 is 5.32 Å². The monoisotopic (exact) mass is 365 g/mol. The van der Waals surface area contributed by atoms with Crippen LogP contribution in [0.3, 0.4) is 0 Å². The van der Waals surface area contributed by atoms with E-state index in [1.807, 2.05) is 19.2 Å². The molecule has 0 aliphatic rings. The second-order valence-electron chi connectivity index (χ2n) is 5.27. The summed E-state index contributed by atoms with van der Waals surface area (Å²) in [6, 6.07) is 15.1. The van der Waals surface area contributed by atoms with E-state index in [9.17, 15) is 0 Å². The highest BCUT2D eigenvalue weighted by atomic mass is 79.9. The summed E-state index contributed by atoms with van der Waals surface area (Å²) < 4.78 is 1.00. The molecule has 0 amide bonds. The van der Waals surface area contributed by atoms with Gasteiger partial charge < -0.3 is 5.32 Å². The number of halogens is 2. The van der Waals surface area contributed by atoms with Gasteiger partial charge in [-0.15, -0.1) is 0 Å². The first-order valence-electron chi connectivity index (χ1n) is 7.36. The van der Waals surface area contributed by atoms with Gasteiger partial charge in [0.2, 0.25) is 0 Å². The van der Waals surface area contributed by atoms with Crippen LogP contribution in [-0.2, 0) is 6.42 Å². The minimum atomic E-state index is 0.153. The Morgan fingerprint density at radius 1 is 1.10 bits per heavy atom. The van der Waals surface area contributed by atoms with Gasteiger partial charge in [0.1, 0.15) is 0 Å². The van der Waals surface area contributed by atoms with Crippen molar-refractivity contribution in [2.75, 3.05) is 7.05 Å². The van der Waals surface area contributed by atoms with Crippen molar-refractivity contribution in [2.45, 2.75) is 32.2 Å². The van der Waals surface area contributed by atoms with Crippen LogP contribution >= 0.6 is 27.5 Å². The topological polar surface area (TPSA) is 12.0 Å². The summed E-state index contributed by atoms with van der Waals surface area (Å²) in [4.78, 5) is 0. The maximum absolute atomic E-state index is 6.16. The van der Waals surface area contributed by atoms with Crippen LogP contribution in [0.2, 0.25) is 5.02 Å². The first-order valence-corrected chi connectivity index (χ1v) is 8.53. The second kappa shape index (κ2) is 7.98. The quantitative estimate of drug-likeness (QED) is 0.686. The summed E-state index contributed by atoms with van der Waals surface area (Å²) in [6.45, 7) is 2.22. The molecule has 0 heterocycles. The lowest BCUT2D eigenvalue weighted by Crippen LogP contribution is -2.17. The van der Waals surface area contributed by atoms with Gasteiger partial charge in [-0.1, -0.05) is 65.1 Å². The van der Waals surface area contributed by atoms with Gasteiger partial charge in [-0.2, -0.15) is 0 Å². The molecule has 0 aromatic heterocycles. The Balaban J connectivity index is 2.24. The summed E-state index contributed by atoms with van der Waals surface area (Å²) in [6.07, 6.45) is 3.64. The Morgan fingerprint density at radius 2 is 1.81 bits per heavy atom. The number of hydrogen-bond acceptors (Lipinski definition) is 1. The van der Waals surface area contributed by atoms with Crippen LogP contribution in [0.4, 0.5) is 0 Å². The van der Waals surface area contributed by atoms with E-state index in [2.05, 4.69) is 58.5 Å². The molecule has 21 heavy (non-hydrogen) atoms. The average molecular weight is 367 g/mol. The molecule has 0 saturated carbocycles. The molecular weight excluding hydrogens is 346 g/mol. The molecule has 2 aromatic rings. The van der Waals surface area contributed by atoms with Gasteiger partial charge in [0.25, 0.3) is 0 Å². The Kier molecular flexibility index (Phi) is 6.28. The van der Waals surface area contributed by atoms with E-state index in [0.29, 0.717) is 0 Å². The number of hydrogen-bond donors (Lipinski definition) is 1. The first kappa shape index (κ1) is 16.5. The first-order chi connectivity index (χ1) is 10.1. The Labute approximate surface area is 140 Å². The zero-order valence-corrected chi connectivity index (χ0v) is 14.8. The van der Waals surface area contributed by atoms with E-state index < -0.39 is 0 Å². The van der Waals surface area contributed by atoms with E-state index in [4.69, 9.17) is 11.6 Å². The molecule has 0 spiro atoms. The molecule has 3 heteroatoms. The standard InChI is InChI=1S/C18H21BrClN/c1-3-4-5-13-6-8-14(9-7-13)18(21-2)15-10-16(19)12-17(20)11-15/h6-12,18,21H,3-5H2,1-2H3. The fourth-order valence-corrected chi connectivity index (χ4v) is 3.41. The van der Waals surface area contributed by atoms with E-state index in [-0.39, 0.29) is 6.04 Å². The van der Waals surface area contributed by atoms with Gasteiger partial charge in [0.15, 0.2) is 0 Å². The molecule has 0 aliphatic carbocycles. The third-order valence-corrected chi connectivity index (χ3v) is 4.32. The average Bonchev–Trinajstić information content (AvgIpc) is 2.46. The minimum absolute atomic E-state index is 0.153. The van der Waals surface area contributed by atoms with E-state index >= 15 is 0 Å². The minimum Gasteiger partial charge on any atom is -0.309 e. The van der Waals surface area contributed by atoms with Crippen molar-refractivity contribution in [2.24, 2.45) is 0 Å². The van der Waals surface area contributed by atoms with Gasteiger partial charge in [-0.3, -0.25) is 0 Å². The predicted octanol–water partition coefficient (Wildman–Crippen LogP) is 5.75. The molecular formula is C18H21BrClN. The molecule has 2 aromatic carbocycles. The van der Waals surface area contributed by atoms with Crippen molar-refractivity contribution in [3.63, 3.8) is 0 Å². The fourth-order valence-electron chi connectivity index (χ4n) is 2.53. The normalized spacial score (nSPS) is 12.4. The van der Waals surface area contributed by atoms with Gasteiger partial charge in [0, 0.05) is 9.50 Å². The van der Waals surface area contributed by atoms with E-state index in [1.54, 1.807) is 0 Å². The number of rotatable bonds is 6. The molecule has 112 valence electrons. The molecule has 0 fully saturated rings. The summed E-state index contributed by atoms with van der Waals surface area (Å²) in [5.74, 6) is 0. The molecule has 0 aliphatic heterocycles. The lowest BCUT2D eigenvalue weighted by Gasteiger charge is -2.18. The highest BCUT2D eigenvalue weighted by Gasteiger charge is 2.13. The fraction of sp³-hybridized carbons (Fsp3) is 0.333. The number of aryl methyl sites for hydroxylation is 1. The number of unbranched alkanes of at least 4 members (excludes halogenated alkanes) is 1. The Morgan fingerprint density at radius 3 is 2.38 bits per heavy atom. The highest BCUT2D eigenvalue weighted by molar-refractivity contribution is 9.10. The Hall–Kier alpha value is -0.830. The summed E-state index contributed by atoms with van der Waals surface area (Å²) >= 11 is 9.67. The highest BCUT2D eigenvalue weighted by Crippen LogP contribution is 2.28. The Bertz CT molecular complexity index is 560. The zero-order chi connectivity index (χ0) is 15.2. The molecule has 1 unspecified atom stereocenters. The van der Waals surface area contributed by atoms with Crippen molar-refractivity contribution in [1.29, 1.82) is 0 Å². The molecule has 1 nitrogen and oxygen atoms in total. The number of nitrogens with one attached hydrogen (secondary N) is 1. The van der Waals surface area contributed by atoms with Crippen molar-refractivity contribution in [3.8, 4) is 0 Å². The third-order valence-electron chi connectivity index (χ3n) is 3.64. The van der Waals surface area contributed by atoms with Crippen LogP contribution in [-0.4, -0.2) is 7.05 Å². The lowest BCUT2D eigenvalue weighted by molar-refractivity contribution is 0.690. The van der Waals surface area contributed by atoms with Crippen LogP contribution in [0.25, 0.3) is 0 Å². The smallest absolute Gasteiger partial charge is 0.0575 e. The van der Waals surface area contributed by atoms with Crippen molar-refractivity contribution >= 4 is 27.5 Å². The van der Waals surface area contributed by atoms with Crippen molar-refractivity contribution in [1.82, 2.24) is 5.32 Å². The van der Waals surface area contributed by atoms with Crippen molar-refractivity contribution < 1.29 is 0 Å². The van der Waals surface area contributed by atoms with Gasteiger partial charge >= 0.3 is 0 Å². The predicted molar refractivity (Wildman–Crippen MR) is 95.1 cm³/mol. The molecule has 0 radical (unpaired) electrons.